The maximum absolute atomic E-state index is 13.1. The van der Waals surface area contributed by atoms with Crippen LogP contribution in [0.5, 0.6) is 28.7 Å². The van der Waals surface area contributed by atoms with Gasteiger partial charge in [0.15, 0.2) is 23.0 Å². The van der Waals surface area contributed by atoms with Crippen LogP contribution in [-0.2, 0) is 24.1 Å². The van der Waals surface area contributed by atoms with Crippen molar-refractivity contribution in [2.24, 2.45) is 17.1 Å². The van der Waals surface area contributed by atoms with E-state index < -0.39 is 6.10 Å². The monoisotopic (exact) mass is 658 g/mol. The van der Waals surface area contributed by atoms with Crippen LogP contribution in [0, 0.1) is 11.3 Å². The van der Waals surface area contributed by atoms with Crippen LogP contribution >= 0.6 is 0 Å². The number of carbonyl (C=O) groups is 1. The first-order chi connectivity index (χ1) is 23.3. The molecule has 0 radical (unpaired) electrons. The predicted molar refractivity (Wildman–Crippen MR) is 184 cm³/mol. The van der Waals surface area contributed by atoms with Crippen molar-refractivity contribution in [2.75, 3.05) is 19.8 Å². The third kappa shape index (κ3) is 7.59. The molecule has 1 saturated heterocycles. The van der Waals surface area contributed by atoms with Gasteiger partial charge in [-0.15, -0.1) is 0 Å². The zero-order valence-corrected chi connectivity index (χ0v) is 27.7. The minimum atomic E-state index is -0.880. The Labute approximate surface area is 283 Å². The molecule has 9 heteroatoms. The van der Waals surface area contributed by atoms with Gasteiger partial charge in [-0.25, -0.2) is 0 Å². The molecule has 2 fully saturated rings. The average Bonchev–Trinajstić information content (AvgIpc) is 3.55. The number of aryl methyl sites for hydroxylation is 1. The Morgan fingerprint density at radius 3 is 2.56 bits per heavy atom. The Balaban J connectivity index is 1.22. The number of carbonyl (C=O) groups excluding carboxylic acids is 1. The van der Waals surface area contributed by atoms with Gasteiger partial charge < -0.3 is 35.2 Å². The van der Waals surface area contributed by atoms with Crippen LogP contribution < -0.4 is 20.5 Å². The maximum atomic E-state index is 13.1. The van der Waals surface area contributed by atoms with E-state index in [1.54, 1.807) is 18.2 Å². The van der Waals surface area contributed by atoms with Crippen molar-refractivity contribution in [1.82, 2.24) is 5.32 Å². The number of aliphatic hydroxyl groups excluding tert-OH is 1. The molecule has 1 saturated carbocycles. The summed E-state index contributed by atoms with van der Waals surface area (Å²) in [5.41, 5.74) is 9.32. The van der Waals surface area contributed by atoms with Crippen molar-refractivity contribution < 1.29 is 34.7 Å². The largest absolute Gasteiger partial charge is 0.504 e. The number of fused-ring (bicyclic) bond motifs is 1. The van der Waals surface area contributed by atoms with Crippen molar-refractivity contribution in [3.63, 3.8) is 0 Å². The molecule has 3 aromatic carbocycles. The van der Waals surface area contributed by atoms with Gasteiger partial charge in [-0.2, -0.15) is 0 Å². The summed E-state index contributed by atoms with van der Waals surface area (Å²) in [7, 11) is 0. The molecule has 2 aliphatic carbocycles. The van der Waals surface area contributed by atoms with Crippen LogP contribution in [0.25, 0.3) is 0 Å². The Kier molecular flexibility index (Phi) is 10.8. The fraction of sp³-hybridized carbons (Fsp3) is 0.513. The highest BCUT2D eigenvalue weighted by Gasteiger charge is 2.45. The standard InChI is InChI=1S/C39H50N2O7/c40-24-47-35-19-26(9-13-33(35)44)8-11-28(42)20-29(43)21-31-27(18-25-6-2-1-3-7-25)10-12-30-32(31)22-34(45)37(46)38(30)48-36-14-17-41-23-39(36)15-4-5-16-39/h1-3,6-7,9,13,19,22,27,29,31,36,41,43-46H,4-5,8,10-12,14-18,20-21,23-24,40H2/t27-,29+,31+,36+/m1/s1. The molecule has 3 aromatic rings. The Bertz CT molecular complexity index is 1560. The highest BCUT2D eigenvalue weighted by molar-refractivity contribution is 5.79. The zero-order chi connectivity index (χ0) is 33.7. The fourth-order valence-electron chi connectivity index (χ4n) is 8.51. The van der Waals surface area contributed by atoms with Gasteiger partial charge in [0.1, 0.15) is 18.6 Å². The number of hydrogen-bond acceptors (Lipinski definition) is 9. The molecule has 9 nitrogen and oxygen atoms in total. The molecule has 0 unspecified atom stereocenters. The number of Topliss-reactive ketones (excluding diaryl/α,β-unsaturated/α-hetero) is 1. The van der Waals surface area contributed by atoms with E-state index in [1.165, 1.54) is 24.5 Å². The Morgan fingerprint density at radius 2 is 1.79 bits per heavy atom. The van der Waals surface area contributed by atoms with Gasteiger partial charge in [-0.3, -0.25) is 10.5 Å². The van der Waals surface area contributed by atoms with Crippen LogP contribution in [0.2, 0.25) is 0 Å². The van der Waals surface area contributed by atoms with Gasteiger partial charge in [0.25, 0.3) is 0 Å². The van der Waals surface area contributed by atoms with E-state index in [-0.39, 0.29) is 71.7 Å². The lowest BCUT2D eigenvalue weighted by molar-refractivity contribution is -0.121. The minimum Gasteiger partial charge on any atom is -0.504 e. The predicted octanol–water partition coefficient (Wildman–Crippen LogP) is 5.63. The lowest BCUT2D eigenvalue weighted by atomic mass is 9.69. The number of ether oxygens (including phenoxy) is 2. The second-order valence-corrected chi connectivity index (χ2v) is 14.1. The van der Waals surface area contributed by atoms with Crippen molar-refractivity contribution >= 4 is 5.78 Å². The second-order valence-electron chi connectivity index (χ2n) is 14.1. The summed E-state index contributed by atoms with van der Waals surface area (Å²) in [6.07, 6.45) is 7.81. The number of piperidine rings is 1. The van der Waals surface area contributed by atoms with E-state index in [1.807, 2.05) is 18.2 Å². The summed E-state index contributed by atoms with van der Waals surface area (Å²) < 4.78 is 12.0. The summed E-state index contributed by atoms with van der Waals surface area (Å²) in [5, 5.41) is 47.2. The van der Waals surface area contributed by atoms with Crippen molar-refractivity contribution in [2.45, 2.75) is 95.2 Å². The molecule has 48 heavy (non-hydrogen) atoms. The van der Waals surface area contributed by atoms with Crippen LogP contribution in [0.3, 0.4) is 0 Å². The summed E-state index contributed by atoms with van der Waals surface area (Å²) >= 11 is 0. The molecule has 0 amide bonds. The number of nitrogens with one attached hydrogen (secondary N) is 1. The first kappa shape index (κ1) is 34.1. The second kappa shape index (κ2) is 15.2. The van der Waals surface area contributed by atoms with Gasteiger partial charge in [-0.1, -0.05) is 49.2 Å². The van der Waals surface area contributed by atoms with Gasteiger partial charge >= 0.3 is 0 Å². The quantitative estimate of drug-likeness (QED) is 0.101. The molecular formula is C39H50N2O7. The van der Waals surface area contributed by atoms with E-state index in [0.717, 1.165) is 61.9 Å². The number of benzene rings is 3. The van der Waals surface area contributed by atoms with Crippen molar-refractivity contribution in [3.8, 4) is 28.7 Å². The molecule has 258 valence electrons. The molecule has 4 atom stereocenters. The number of rotatable bonds is 13. The Hall–Kier alpha value is -3.79. The van der Waals surface area contributed by atoms with Gasteiger partial charge in [0.2, 0.25) is 5.75 Å². The highest BCUT2D eigenvalue weighted by atomic mass is 16.5. The van der Waals surface area contributed by atoms with Gasteiger partial charge in [0.05, 0.1) is 6.10 Å². The molecule has 6 rings (SSSR count). The molecule has 0 aromatic heterocycles. The zero-order valence-electron chi connectivity index (χ0n) is 27.7. The van der Waals surface area contributed by atoms with Gasteiger partial charge in [0, 0.05) is 30.4 Å². The minimum absolute atomic E-state index is 0.00882. The first-order valence-electron chi connectivity index (χ1n) is 17.6. The van der Waals surface area contributed by atoms with Crippen LogP contribution in [0.4, 0.5) is 0 Å². The summed E-state index contributed by atoms with van der Waals surface area (Å²) in [4.78, 5) is 13.1. The molecule has 1 spiro atoms. The normalized spacial score (nSPS) is 22.2. The molecule has 0 bridgehead atoms. The SMILES string of the molecule is NCOc1cc(CCC(=O)C[C@H](O)C[C@@H]2c3cc(O)c(O)c(O[C@H]4CCNCC45CCCC5)c3CC[C@@H]2Cc2ccccc2)ccc1O. The van der Waals surface area contributed by atoms with E-state index in [9.17, 15) is 25.2 Å². The van der Waals surface area contributed by atoms with Crippen molar-refractivity contribution in [3.05, 3.63) is 76.9 Å². The summed E-state index contributed by atoms with van der Waals surface area (Å²) in [6.45, 7) is 1.68. The topological polar surface area (TPSA) is 154 Å². The maximum Gasteiger partial charge on any atom is 0.200 e. The van der Waals surface area contributed by atoms with E-state index in [4.69, 9.17) is 15.2 Å². The number of ketones is 1. The number of hydrogen-bond donors (Lipinski definition) is 6. The third-order valence-electron chi connectivity index (χ3n) is 11.0. The molecular weight excluding hydrogens is 608 g/mol. The van der Waals surface area contributed by atoms with E-state index >= 15 is 0 Å². The van der Waals surface area contributed by atoms with Crippen LogP contribution in [-0.4, -0.2) is 58.2 Å². The van der Waals surface area contributed by atoms with Crippen molar-refractivity contribution in [1.29, 1.82) is 0 Å². The summed E-state index contributed by atoms with van der Waals surface area (Å²) in [6, 6.07) is 16.9. The lowest BCUT2D eigenvalue weighted by Crippen LogP contribution is -2.51. The number of aliphatic hydroxyl groups is 1. The highest BCUT2D eigenvalue weighted by Crippen LogP contribution is 2.52. The molecule has 7 N–H and O–H groups in total. The van der Waals surface area contributed by atoms with E-state index in [0.29, 0.717) is 25.0 Å². The summed E-state index contributed by atoms with van der Waals surface area (Å²) in [5.74, 6) is 0.212. The lowest BCUT2D eigenvalue weighted by Gasteiger charge is -2.43. The number of phenols is 3. The molecule has 1 heterocycles. The number of nitrogens with two attached hydrogens (primary N) is 1. The van der Waals surface area contributed by atoms with E-state index in [2.05, 4.69) is 17.4 Å². The molecule has 1 aliphatic heterocycles. The smallest absolute Gasteiger partial charge is 0.200 e. The fourth-order valence-corrected chi connectivity index (χ4v) is 8.51. The average molecular weight is 659 g/mol. The van der Waals surface area contributed by atoms with Gasteiger partial charge in [-0.05, 0) is 105 Å². The third-order valence-corrected chi connectivity index (χ3v) is 11.0. The molecule has 3 aliphatic rings. The number of aromatic hydroxyl groups is 3. The Morgan fingerprint density at radius 1 is 1.00 bits per heavy atom. The van der Waals surface area contributed by atoms with Crippen LogP contribution in [0.15, 0.2) is 54.6 Å². The first-order valence-corrected chi connectivity index (χ1v) is 17.6. The number of phenolic OH excluding ortho intramolecular Hbond substituents is 3. The van der Waals surface area contributed by atoms with Crippen LogP contribution in [0.1, 0.15) is 86.0 Å².